The molecule has 3 fully saturated rings. The van der Waals surface area contributed by atoms with Gasteiger partial charge in [-0.2, -0.15) is 0 Å². The normalized spacial score (nSPS) is 18.5. The first kappa shape index (κ1) is 23.6. The molecule has 2 amide bonds. The predicted octanol–water partition coefficient (Wildman–Crippen LogP) is 3.23. The van der Waals surface area contributed by atoms with Gasteiger partial charge >= 0.3 is 0 Å². The number of hydrogen-bond donors (Lipinski definition) is 0. The fraction of sp³-hybridized carbons (Fsp3) is 0.556. The number of ether oxygens (including phenoxy) is 1. The summed E-state index contributed by atoms with van der Waals surface area (Å²) >= 11 is 0. The first-order valence-corrected chi connectivity index (χ1v) is 12.9. The second kappa shape index (κ2) is 10.6. The molecular weight excluding hydrogens is 442 g/mol. The lowest BCUT2D eigenvalue weighted by Gasteiger charge is -2.33. The Labute approximate surface area is 207 Å². The number of benzene rings is 1. The molecule has 1 saturated heterocycles. The van der Waals surface area contributed by atoms with Crippen LogP contribution in [0.25, 0.3) is 11.3 Å². The number of rotatable bonds is 8. The maximum Gasteiger partial charge on any atom is 0.242 e. The van der Waals surface area contributed by atoms with Crippen molar-refractivity contribution >= 4 is 17.6 Å². The molecule has 0 N–H and O–H groups in total. The molecule has 8 nitrogen and oxygen atoms in total. The van der Waals surface area contributed by atoms with Crippen molar-refractivity contribution in [1.82, 2.24) is 20.0 Å². The summed E-state index contributed by atoms with van der Waals surface area (Å²) in [5.41, 5.74) is 1.81. The van der Waals surface area contributed by atoms with Crippen molar-refractivity contribution in [3.63, 3.8) is 0 Å². The van der Waals surface area contributed by atoms with E-state index in [0.717, 1.165) is 61.6 Å². The second-order valence-electron chi connectivity index (χ2n) is 10.0. The zero-order valence-electron chi connectivity index (χ0n) is 20.6. The second-order valence-corrected chi connectivity index (χ2v) is 10.0. The monoisotopic (exact) mass is 477 g/mol. The molecule has 2 saturated carbocycles. The lowest BCUT2D eigenvalue weighted by Crippen LogP contribution is -2.47. The topological polar surface area (TPSA) is 78.9 Å². The smallest absolute Gasteiger partial charge is 0.242 e. The van der Waals surface area contributed by atoms with E-state index in [-0.39, 0.29) is 24.3 Å². The highest BCUT2D eigenvalue weighted by atomic mass is 16.5. The largest absolute Gasteiger partial charge is 0.497 e. The highest BCUT2D eigenvalue weighted by Gasteiger charge is 2.34. The number of carbonyl (C=O) groups excluding carboxylic acids is 2. The molecule has 1 aliphatic heterocycles. The minimum Gasteiger partial charge on any atom is -0.497 e. The summed E-state index contributed by atoms with van der Waals surface area (Å²) in [4.78, 5) is 32.0. The maximum absolute atomic E-state index is 13.2. The van der Waals surface area contributed by atoms with Gasteiger partial charge in [0.1, 0.15) is 5.75 Å². The Kier molecular flexibility index (Phi) is 7.16. The molecule has 35 heavy (non-hydrogen) atoms. The van der Waals surface area contributed by atoms with Gasteiger partial charge in [-0.1, -0.05) is 6.42 Å². The van der Waals surface area contributed by atoms with Crippen molar-refractivity contribution in [2.24, 2.45) is 11.8 Å². The lowest BCUT2D eigenvalue weighted by atomic mass is 9.84. The third-order valence-corrected chi connectivity index (χ3v) is 7.48. The summed E-state index contributed by atoms with van der Waals surface area (Å²) in [6, 6.07) is 11.8. The van der Waals surface area contributed by atoms with E-state index in [2.05, 4.69) is 15.1 Å². The molecule has 2 aromatic rings. The molecule has 186 valence electrons. The molecule has 8 heteroatoms. The van der Waals surface area contributed by atoms with Gasteiger partial charge in [0.2, 0.25) is 11.8 Å². The van der Waals surface area contributed by atoms with E-state index in [1.807, 2.05) is 46.2 Å². The van der Waals surface area contributed by atoms with Crippen molar-refractivity contribution in [2.45, 2.75) is 38.5 Å². The Morgan fingerprint density at radius 1 is 0.943 bits per heavy atom. The molecule has 1 aromatic heterocycles. The van der Waals surface area contributed by atoms with Crippen LogP contribution in [0, 0.1) is 11.8 Å². The predicted molar refractivity (Wildman–Crippen MR) is 134 cm³/mol. The van der Waals surface area contributed by atoms with Gasteiger partial charge in [-0.3, -0.25) is 9.59 Å². The Balaban J connectivity index is 1.17. The van der Waals surface area contributed by atoms with Crippen molar-refractivity contribution in [3.8, 4) is 17.0 Å². The average molecular weight is 478 g/mol. The minimum atomic E-state index is 0.0705. The van der Waals surface area contributed by atoms with Crippen LogP contribution in [0.1, 0.15) is 38.5 Å². The minimum absolute atomic E-state index is 0.0705. The van der Waals surface area contributed by atoms with Crippen molar-refractivity contribution in [3.05, 3.63) is 36.4 Å². The van der Waals surface area contributed by atoms with Gasteiger partial charge in [-0.05, 0) is 74.4 Å². The van der Waals surface area contributed by atoms with Crippen molar-refractivity contribution in [1.29, 1.82) is 0 Å². The number of amides is 2. The summed E-state index contributed by atoms with van der Waals surface area (Å²) in [7, 11) is 1.65. The van der Waals surface area contributed by atoms with Gasteiger partial charge in [-0.15, -0.1) is 10.2 Å². The number of aromatic nitrogens is 2. The van der Waals surface area contributed by atoms with Gasteiger partial charge < -0.3 is 19.4 Å². The van der Waals surface area contributed by atoms with Crippen LogP contribution in [0.3, 0.4) is 0 Å². The van der Waals surface area contributed by atoms with E-state index < -0.39 is 0 Å². The Morgan fingerprint density at radius 3 is 2.37 bits per heavy atom. The van der Waals surface area contributed by atoms with Gasteiger partial charge in [0.15, 0.2) is 5.82 Å². The van der Waals surface area contributed by atoms with Crippen LogP contribution in [-0.2, 0) is 9.59 Å². The van der Waals surface area contributed by atoms with Crippen molar-refractivity contribution < 1.29 is 14.3 Å². The van der Waals surface area contributed by atoms with Crippen LogP contribution < -0.4 is 9.64 Å². The van der Waals surface area contributed by atoms with Crippen LogP contribution in [0.2, 0.25) is 0 Å². The summed E-state index contributed by atoms with van der Waals surface area (Å²) in [6.07, 6.45) is 6.32. The van der Waals surface area contributed by atoms with E-state index in [1.54, 1.807) is 7.11 Å². The number of nitrogens with zero attached hydrogens (tertiary/aromatic N) is 5. The maximum atomic E-state index is 13.2. The molecule has 0 atom stereocenters. The Bertz CT molecular complexity index is 1020. The quantitative estimate of drug-likeness (QED) is 0.581. The highest BCUT2D eigenvalue weighted by Crippen LogP contribution is 2.33. The van der Waals surface area contributed by atoms with E-state index in [0.29, 0.717) is 25.6 Å². The van der Waals surface area contributed by atoms with E-state index in [4.69, 9.17) is 4.74 Å². The lowest BCUT2D eigenvalue weighted by molar-refractivity contribution is -0.144. The zero-order valence-corrected chi connectivity index (χ0v) is 20.6. The number of anilines is 1. The molecule has 2 heterocycles. The zero-order chi connectivity index (χ0) is 24.2. The van der Waals surface area contributed by atoms with Crippen LogP contribution in [0.5, 0.6) is 5.75 Å². The average Bonchev–Trinajstić information content (AvgIpc) is 3.69. The molecular formula is C27H35N5O3. The van der Waals surface area contributed by atoms with Gasteiger partial charge in [0.25, 0.3) is 0 Å². The molecule has 0 radical (unpaired) electrons. The van der Waals surface area contributed by atoms with Gasteiger partial charge in [0, 0.05) is 44.2 Å². The number of carbonyl (C=O) groups is 2. The summed E-state index contributed by atoms with van der Waals surface area (Å²) in [5, 5.41) is 8.90. The number of methoxy groups -OCH3 is 1. The van der Waals surface area contributed by atoms with Crippen LogP contribution in [0.15, 0.2) is 36.4 Å². The van der Waals surface area contributed by atoms with Crippen LogP contribution in [0.4, 0.5) is 5.82 Å². The Morgan fingerprint density at radius 2 is 1.74 bits per heavy atom. The van der Waals surface area contributed by atoms with Gasteiger partial charge in [-0.25, -0.2) is 0 Å². The standard InChI is InChI=1S/C27H35N5O3/c1-35-23-10-8-21(9-11-23)24-12-13-25(29-28-24)30-14-3-15-31(17-16-30)26(33)19-32(18-20-6-7-20)27(34)22-4-2-5-22/h8-13,20,22H,2-7,14-19H2,1H3. The molecule has 0 bridgehead atoms. The van der Waals surface area contributed by atoms with Crippen molar-refractivity contribution in [2.75, 3.05) is 51.3 Å². The fourth-order valence-electron chi connectivity index (χ4n) is 4.83. The molecule has 0 spiro atoms. The Hall–Kier alpha value is -3.16. The molecule has 2 aliphatic carbocycles. The van der Waals surface area contributed by atoms with E-state index >= 15 is 0 Å². The summed E-state index contributed by atoms with van der Waals surface area (Å²) < 4.78 is 5.22. The van der Waals surface area contributed by atoms with Crippen LogP contribution in [-0.4, -0.2) is 78.2 Å². The van der Waals surface area contributed by atoms with Crippen LogP contribution >= 0.6 is 0 Å². The first-order chi connectivity index (χ1) is 17.1. The third-order valence-electron chi connectivity index (χ3n) is 7.48. The first-order valence-electron chi connectivity index (χ1n) is 12.9. The van der Waals surface area contributed by atoms with Gasteiger partial charge in [0.05, 0.1) is 19.3 Å². The van der Waals surface area contributed by atoms with E-state index in [1.165, 1.54) is 12.8 Å². The molecule has 0 unspecified atom stereocenters. The summed E-state index contributed by atoms with van der Waals surface area (Å²) in [5.74, 6) is 2.63. The molecule has 1 aromatic carbocycles. The summed E-state index contributed by atoms with van der Waals surface area (Å²) in [6.45, 7) is 3.85. The number of hydrogen-bond acceptors (Lipinski definition) is 6. The van der Waals surface area contributed by atoms with E-state index in [9.17, 15) is 9.59 Å². The molecule has 3 aliphatic rings. The highest BCUT2D eigenvalue weighted by molar-refractivity contribution is 5.86. The molecule has 5 rings (SSSR count). The third kappa shape index (κ3) is 5.74. The SMILES string of the molecule is COc1ccc(-c2ccc(N3CCCN(C(=O)CN(CC4CC4)C(=O)C4CCC4)CC3)nn2)cc1. The fourth-order valence-corrected chi connectivity index (χ4v) is 4.83.